The molecule has 0 aliphatic heterocycles. The van der Waals surface area contributed by atoms with E-state index in [-0.39, 0.29) is 16.9 Å². The maximum atomic E-state index is 11.6. The summed E-state index contributed by atoms with van der Waals surface area (Å²) >= 11 is 0. The number of fused-ring (bicyclic) bond motifs is 6. The number of aliphatic hydroxyl groups is 1. The zero-order valence-corrected chi connectivity index (χ0v) is 23.9. The lowest BCUT2D eigenvalue weighted by molar-refractivity contribution is -0.0975. The van der Waals surface area contributed by atoms with Gasteiger partial charge in [0.2, 0.25) is 0 Å². The number of nitrogens with one attached hydrogen (secondary N) is 2. The highest BCUT2D eigenvalue weighted by molar-refractivity contribution is 5.99. The Morgan fingerprint density at radius 2 is 1.61 bits per heavy atom. The lowest BCUT2D eigenvalue weighted by Gasteiger charge is -2.58. The maximum Gasteiger partial charge on any atom is 0.323 e. The predicted octanol–water partition coefficient (Wildman–Crippen LogP) is 7.55. The molecule has 3 saturated carbocycles. The molecule has 0 radical (unpaired) electrons. The summed E-state index contributed by atoms with van der Waals surface area (Å²) in [6.07, 6.45) is 17.4. The Morgan fingerprint density at radius 1 is 0.976 bits per heavy atom. The van der Waals surface area contributed by atoms with Gasteiger partial charge in [-0.1, -0.05) is 66.9 Å². The summed E-state index contributed by atoms with van der Waals surface area (Å²) in [5.74, 6) is 5.64. The predicted molar refractivity (Wildman–Crippen MR) is 162 cm³/mol. The molecule has 7 rings (SSSR count). The van der Waals surface area contributed by atoms with E-state index in [1.165, 1.54) is 12.0 Å². The van der Waals surface area contributed by atoms with Crippen LogP contribution in [0.25, 0.3) is 6.08 Å². The van der Waals surface area contributed by atoms with Crippen LogP contribution in [0.1, 0.15) is 63.7 Å². The Labute approximate surface area is 242 Å². The zero-order chi connectivity index (χ0) is 28.7. The Hall–Kier alpha value is -3.82. The van der Waals surface area contributed by atoms with E-state index in [0.29, 0.717) is 17.8 Å². The van der Waals surface area contributed by atoms with Crippen LogP contribution in [0.4, 0.5) is 16.2 Å². The second-order valence-corrected chi connectivity index (χ2v) is 12.7. The smallest absolute Gasteiger partial charge is 0.323 e. The molecule has 2 aromatic carbocycles. The number of carbonyl (C=O) groups excluding carboxylic acids is 1. The van der Waals surface area contributed by atoms with E-state index in [1.807, 2.05) is 66.9 Å². The number of benzene rings is 2. The summed E-state index contributed by atoms with van der Waals surface area (Å²) in [5.41, 5.74) is 3.54. The fraction of sp³-hybridized carbons (Fsp3) is 0.429. The number of para-hydroxylation sites is 2. The maximum absolute atomic E-state index is 11.6. The molecule has 4 aliphatic carbocycles. The first-order valence-corrected chi connectivity index (χ1v) is 14.8. The van der Waals surface area contributed by atoms with E-state index in [9.17, 15) is 9.90 Å². The fourth-order valence-electron chi connectivity index (χ4n) is 8.47. The molecule has 0 bridgehead atoms. The van der Waals surface area contributed by atoms with E-state index >= 15 is 0 Å². The number of terminal acetylenes is 1. The van der Waals surface area contributed by atoms with Crippen LogP contribution in [0.2, 0.25) is 0 Å². The van der Waals surface area contributed by atoms with Crippen LogP contribution in [-0.2, 0) is 6.42 Å². The molecular weight excluding hydrogens is 510 g/mol. The lowest BCUT2D eigenvalue weighted by atomic mass is 9.46. The number of hydrogen-bond acceptors (Lipinski definition) is 4. The number of carbonyl (C=O) groups is 1. The molecule has 1 heterocycles. The quantitative estimate of drug-likeness (QED) is 0.288. The normalized spacial score (nSPS) is 32.8. The van der Waals surface area contributed by atoms with Gasteiger partial charge in [0.25, 0.3) is 0 Å². The topological polar surface area (TPSA) is 87.4 Å². The second-order valence-electron chi connectivity index (χ2n) is 12.7. The molecule has 41 heavy (non-hydrogen) atoms. The number of anilines is 2. The number of nitrogens with zero attached hydrogens (tertiary/aromatic N) is 1. The zero-order valence-electron chi connectivity index (χ0n) is 23.9. The number of amides is 2. The van der Waals surface area contributed by atoms with Crippen molar-refractivity contribution in [3.63, 3.8) is 0 Å². The minimum atomic E-state index is -0.909. The average molecular weight is 550 g/mol. The molecule has 3 fully saturated rings. The van der Waals surface area contributed by atoms with Gasteiger partial charge in [-0.3, -0.25) is 0 Å². The van der Waals surface area contributed by atoms with E-state index in [1.54, 1.807) is 5.57 Å². The van der Waals surface area contributed by atoms with Gasteiger partial charge in [-0.15, -0.1) is 6.42 Å². The van der Waals surface area contributed by atoms with Crippen molar-refractivity contribution in [2.45, 2.75) is 64.4 Å². The molecular formula is C35H39N3O3. The van der Waals surface area contributed by atoms with Crippen molar-refractivity contribution in [2.75, 3.05) is 10.6 Å². The summed E-state index contributed by atoms with van der Waals surface area (Å²) in [6, 6.07) is 18.4. The van der Waals surface area contributed by atoms with Gasteiger partial charge >= 0.3 is 6.03 Å². The van der Waals surface area contributed by atoms with Crippen molar-refractivity contribution in [2.24, 2.45) is 28.6 Å². The van der Waals surface area contributed by atoms with Crippen molar-refractivity contribution >= 4 is 23.5 Å². The summed E-state index contributed by atoms with van der Waals surface area (Å²) < 4.78 is 5.43. The third kappa shape index (κ3) is 4.77. The van der Waals surface area contributed by atoms with Crippen molar-refractivity contribution in [1.82, 2.24) is 5.16 Å². The van der Waals surface area contributed by atoms with Crippen molar-refractivity contribution in [1.29, 1.82) is 0 Å². The van der Waals surface area contributed by atoms with Crippen LogP contribution < -0.4 is 10.6 Å². The van der Waals surface area contributed by atoms with Gasteiger partial charge < -0.3 is 20.3 Å². The van der Waals surface area contributed by atoms with Crippen molar-refractivity contribution in [3.8, 4) is 12.3 Å². The Bertz CT molecular complexity index is 1430. The SMILES string of the molecule is C#CC1(O)CCC2C3CCC4=Cc5oncc5CC4(C)C3CCC21C.O=C(Nc1ccccc1)Nc1ccccc1. The number of hydrogen-bond donors (Lipinski definition) is 3. The molecule has 6 unspecified atom stereocenters. The second kappa shape index (κ2) is 10.5. The van der Waals surface area contributed by atoms with Gasteiger partial charge in [-0.2, -0.15) is 0 Å². The first-order chi connectivity index (χ1) is 19.8. The molecule has 4 aliphatic rings. The highest BCUT2D eigenvalue weighted by Crippen LogP contribution is 2.67. The molecule has 1 aromatic heterocycles. The molecule has 212 valence electrons. The highest BCUT2D eigenvalue weighted by atomic mass is 16.5. The summed E-state index contributed by atoms with van der Waals surface area (Å²) in [6.45, 7) is 4.71. The number of rotatable bonds is 2. The molecule has 6 nitrogen and oxygen atoms in total. The largest absolute Gasteiger partial charge is 0.377 e. The molecule has 3 N–H and O–H groups in total. The number of urea groups is 1. The van der Waals surface area contributed by atoms with Crippen molar-refractivity contribution in [3.05, 3.63) is 83.8 Å². The van der Waals surface area contributed by atoms with Gasteiger partial charge in [-0.05, 0) is 98.5 Å². The monoisotopic (exact) mass is 549 g/mol. The molecule has 0 saturated heterocycles. The molecule has 3 aromatic rings. The van der Waals surface area contributed by atoms with Crippen molar-refractivity contribution < 1.29 is 14.4 Å². The van der Waals surface area contributed by atoms with Gasteiger partial charge in [0, 0.05) is 22.4 Å². The molecule has 0 spiro atoms. The number of aromatic nitrogens is 1. The van der Waals surface area contributed by atoms with Gasteiger partial charge in [-0.25, -0.2) is 4.79 Å². The Kier molecular flexibility index (Phi) is 7.03. The molecule has 6 heteroatoms. The summed E-state index contributed by atoms with van der Waals surface area (Å²) in [4.78, 5) is 11.6. The lowest BCUT2D eigenvalue weighted by Crippen LogP contribution is -2.54. The van der Waals surface area contributed by atoms with Crippen LogP contribution in [0, 0.1) is 40.9 Å². The van der Waals surface area contributed by atoms with Crippen LogP contribution in [0.5, 0.6) is 0 Å². The van der Waals surface area contributed by atoms with Gasteiger partial charge in [0.05, 0.1) is 6.20 Å². The average Bonchev–Trinajstić information content (AvgIpc) is 3.53. The van der Waals surface area contributed by atoms with E-state index in [0.717, 1.165) is 55.7 Å². The first kappa shape index (κ1) is 27.4. The first-order valence-electron chi connectivity index (χ1n) is 14.8. The third-order valence-electron chi connectivity index (χ3n) is 10.7. The third-order valence-corrected chi connectivity index (χ3v) is 10.7. The minimum absolute atomic E-state index is 0.114. The van der Waals surface area contributed by atoms with Gasteiger partial charge in [0.15, 0.2) is 5.76 Å². The fourth-order valence-corrected chi connectivity index (χ4v) is 8.47. The van der Waals surface area contributed by atoms with E-state index in [2.05, 4.69) is 41.6 Å². The Morgan fingerprint density at radius 3 is 2.24 bits per heavy atom. The van der Waals surface area contributed by atoms with Crippen LogP contribution >= 0.6 is 0 Å². The van der Waals surface area contributed by atoms with Crippen LogP contribution in [0.3, 0.4) is 0 Å². The summed E-state index contributed by atoms with van der Waals surface area (Å²) in [7, 11) is 0. The van der Waals surface area contributed by atoms with E-state index < -0.39 is 5.60 Å². The Balaban J connectivity index is 0.000000164. The van der Waals surface area contributed by atoms with Gasteiger partial charge in [0.1, 0.15) is 5.60 Å². The number of allylic oxidation sites excluding steroid dienone is 1. The van der Waals surface area contributed by atoms with Crippen LogP contribution in [-0.4, -0.2) is 21.9 Å². The highest BCUT2D eigenvalue weighted by Gasteiger charge is 2.63. The molecule has 6 atom stereocenters. The standard InChI is InChI=1S/C22H27NO2.C13H12N2O/c1-4-22(24)10-8-18-16-6-5-15-11-19-14(13-23-25-19)12-20(15,2)17(16)7-9-21(18,22)3;16-13(14-11-7-3-1-4-8-11)15-12-9-5-2-6-10-12/h1,11,13,16-18,24H,5-10,12H2,2-3H3;1-10H,(H2,14,15,16). The minimum Gasteiger partial charge on any atom is -0.377 e. The van der Waals surface area contributed by atoms with Crippen LogP contribution in [0.15, 0.2) is 77.0 Å². The molecule has 2 amide bonds. The van der Waals surface area contributed by atoms with E-state index in [4.69, 9.17) is 10.9 Å². The summed E-state index contributed by atoms with van der Waals surface area (Å²) in [5, 5.41) is 20.6.